The minimum absolute atomic E-state index is 0.0751. The number of nitrogens with zero attached hydrogens (tertiary/aromatic N) is 2. The lowest BCUT2D eigenvalue weighted by Gasteiger charge is -2.43. The van der Waals surface area contributed by atoms with Crippen LogP contribution in [0.15, 0.2) is 39.6 Å². The normalized spacial score (nSPS) is 19.6. The molecule has 0 saturated heterocycles. The summed E-state index contributed by atoms with van der Waals surface area (Å²) in [4.78, 5) is 28.8. The highest BCUT2D eigenvalue weighted by Crippen LogP contribution is 2.51. The van der Waals surface area contributed by atoms with Gasteiger partial charge in [0.05, 0.1) is 12.0 Å². The van der Waals surface area contributed by atoms with Gasteiger partial charge in [-0.3, -0.25) is 9.59 Å². The monoisotopic (exact) mass is 424 g/mol. The molecule has 0 unspecified atom stereocenters. The average Bonchev–Trinajstić information content (AvgIpc) is 2.74. The Balaban J connectivity index is 1.99. The van der Waals surface area contributed by atoms with Gasteiger partial charge in [-0.25, -0.2) is 0 Å². The summed E-state index contributed by atoms with van der Waals surface area (Å²) in [7, 11) is 1.45. The van der Waals surface area contributed by atoms with Gasteiger partial charge < -0.3 is 14.7 Å². The van der Waals surface area contributed by atoms with Gasteiger partial charge in [0.15, 0.2) is 23.1 Å². The average molecular weight is 425 g/mol. The lowest BCUT2D eigenvalue weighted by molar-refractivity contribution is -0.117. The molecule has 6 nitrogen and oxygen atoms in total. The number of aromatic hydroxyl groups is 1. The summed E-state index contributed by atoms with van der Waals surface area (Å²) in [5.74, 6) is -0.200. The van der Waals surface area contributed by atoms with Crippen molar-refractivity contribution < 1.29 is 19.4 Å². The van der Waals surface area contributed by atoms with Crippen molar-refractivity contribution in [2.75, 3.05) is 13.7 Å². The molecule has 0 atom stereocenters. The number of thioether (sulfide) groups is 1. The van der Waals surface area contributed by atoms with Crippen LogP contribution in [0.2, 0.25) is 0 Å². The first-order valence-corrected chi connectivity index (χ1v) is 11.1. The summed E-state index contributed by atoms with van der Waals surface area (Å²) in [6, 6.07) is 3.42. The Hall–Kier alpha value is -2.72. The predicted octanol–water partition coefficient (Wildman–Crippen LogP) is 4.41. The number of rotatable bonds is 4. The van der Waals surface area contributed by atoms with Crippen LogP contribution in [0.1, 0.15) is 56.9 Å². The van der Waals surface area contributed by atoms with Gasteiger partial charge in [0.1, 0.15) is 5.40 Å². The number of hydrogen-bond acceptors (Lipinski definition) is 7. The summed E-state index contributed by atoms with van der Waals surface area (Å²) in [5, 5.41) is 21.6. The number of thiocyanates is 1. The van der Waals surface area contributed by atoms with Crippen LogP contribution in [0.25, 0.3) is 0 Å². The third kappa shape index (κ3) is 3.20. The number of carbonyl (C=O) groups is 2. The quantitative estimate of drug-likeness (QED) is 0.565. The molecule has 0 radical (unpaired) electrons. The molecule has 156 valence electrons. The molecule has 0 fully saturated rings. The number of carbonyl (C=O) groups excluding carboxylic acids is 2. The highest BCUT2D eigenvalue weighted by molar-refractivity contribution is 8.03. The smallest absolute Gasteiger partial charge is 0.172 e. The van der Waals surface area contributed by atoms with E-state index in [4.69, 9.17) is 10.00 Å². The summed E-state index contributed by atoms with van der Waals surface area (Å²) < 4.78 is 5.35. The van der Waals surface area contributed by atoms with Crippen LogP contribution < -0.4 is 4.74 Å². The molecule has 1 N–H and O–H groups in total. The van der Waals surface area contributed by atoms with Gasteiger partial charge in [-0.1, -0.05) is 0 Å². The Kier molecular flexibility index (Phi) is 5.61. The van der Waals surface area contributed by atoms with E-state index < -0.39 is 5.92 Å². The fraction of sp³-hybridized carbons (Fsp3) is 0.435. The fourth-order valence-corrected chi connectivity index (χ4v) is 5.47. The number of hydrogen-bond donors (Lipinski definition) is 1. The van der Waals surface area contributed by atoms with E-state index in [0.29, 0.717) is 34.4 Å². The second-order valence-corrected chi connectivity index (χ2v) is 8.54. The number of ether oxygens (including phenoxy) is 1. The molecule has 1 aromatic rings. The van der Waals surface area contributed by atoms with Gasteiger partial charge in [0, 0.05) is 47.8 Å². The third-order valence-electron chi connectivity index (χ3n) is 6.17. The first-order valence-electron chi connectivity index (χ1n) is 10.3. The number of nitriles is 1. The van der Waals surface area contributed by atoms with Gasteiger partial charge in [0.2, 0.25) is 0 Å². The summed E-state index contributed by atoms with van der Waals surface area (Å²) >= 11 is 0.838. The minimum atomic E-state index is -0.481. The molecule has 0 saturated carbocycles. The molecule has 7 heteroatoms. The predicted molar refractivity (Wildman–Crippen MR) is 113 cm³/mol. The van der Waals surface area contributed by atoms with E-state index in [1.807, 2.05) is 5.40 Å². The minimum Gasteiger partial charge on any atom is -0.503 e. The molecule has 1 aromatic carbocycles. The van der Waals surface area contributed by atoms with Gasteiger partial charge in [-0.2, -0.15) is 5.26 Å². The third-order valence-corrected chi connectivity index (χ3v) is 6.80. The van der Waals surface area contributed by atoms with Crippen molar-refractivity contribution in [3.8, 4) is 16.9 Å². The van der Waals surface area contributed by atoms with Crippen LogP contribution in [-0.2, 0) is 9.59 Å². The number of methoxy groups -OCH3 is 1. The lowest BCUT2D eigenvalue weighted by atomic mass is 9.71. The van der Waals surface area contributed by atoms with Crippen molar-refractivity contribution in [3.63, 3.8) is 0 Å². The van der Waals surface area contributed by atoms with Gasteiger partial charge in [-0.05, 0) is 62.1 Å². The van der Waals surface area contributed by atoms with E-state index in [-0.39, 0.29) is 23.1 Å². The number of allylic oxidation sites excluding steroid dienone is 4. The standard InChI is InChI=1S/C23H24N2O4S/c1-3-25-14-6-4-8-16(26)21(14)20(22-15(25)7-5-9-17(22)27)13-10-18(29-2)23(28)19(11-13)30-12-24/h10-11,20,28H,3-9H2,1-2H3. The first kappa shape index (κ1) is 20.5. The van der Waals surface area contributed by atoms with Crippen molar-refractivity contribution in [1.29, 1.82) is 5.26 Å². The van der Waals surface area contributed by atoms with Gasteiger partial charge in [0.25, 0.3) is 0 Å². The van der Waals surface area contributed by atoms with E-state index in [2.05, 4.69) is 11.8 Å². The van der Waals surface area contributed by atoms with Crippen molar-refractivity contribution in [1.82, 2.24) is 4.90 Å². The van der Waals surface area contributed by atoms with Gasteiger partial charge in [-0.15, -0.1) is 0 Å². The molecule has 0 amide bonds. The molecule has 0 bridgehead atoms. The van der Waals surface area contributed by atoms with E-state index in [0.717, 1.165) is 55.4 Å². The first-order chi connectivity index (χ1) is 14.5. The van der Waals surface area contributed by atoms with Crippen LogP contribution in [0.4, 0.5) is 0 Å². The largest absolute Gasteiger partial charge is 0.503 e. The molecule has 3 aliphatic rings. The highest BCUT2D eigenvalue weighted by Gasteiger charge is 2.43. The van der Waals surface area contributed by atoms with E-state index in [1.54, 1.807) is 12.1 Å². The Morgan fingerprint density at radius 1 is 1.13 bits per heavy atom. The zero-order chi connectivity index (χ0) is 21.4. The van der Waals surface area contributed by atoms with Crippen LogP contribution in [0.3, 0.4) is 0 Å². The molecule has 1 heterocycles. The Bertz CT molecular complexity index is 990. The highest BCUT2D eigenvalue weighted by atomic mass is 32.2. The van der Waals surface area contributed by atoms with Gasteiger partial charge >= 0.3 is 0 Å². The van der Waals surface area contributed by atoms with E-state index >= 15 is 0 Å². The van der Waals surface area contributed by atoms with Crippen molar-refractivity contribution in [3.05, 3.63) is 40.2 Å². The molecule has 0 aromatic heterocycles. The molecule has 1 aliphatic heterocycles. The molecular weight excluding hydrogens is 400 g/mol. The number of ketones is 2. The fourth-order valence-electron chi connectivity index (χ4n) is 4.98. The molecule has 0 spiro atoms. The zero-order valence-corrected chi connectivity index (χ0v) is 18.0. The second-order valence-electron chi connectivity index (χ2n) is 7.71. The molecule has 30 heavy (non-hydrogen) atoms. The van der Waals surface area contributed by atoms with Crippen LogP contribution >= 0.6 is 11.8 Å². The van der Waals surface area contributed by atoms with Crippen LogP contribution in [0, 0.1) is 10.7 Å². The maximum atomic E-state index is 13.1. The van der Waals surface area contributed by atoms with E-state index in [9.17, 15) is 14.7 Å². The summed E-state index contributed by atoms with van der Waals surface area (Å²) in [6.07, 6.45) is 4.19. The Morgan fingerprint density at radius 2 is 1.73 bits per heavy atom. The maximum absolute atomic E-state index is 13.1. The molecular formula is C23H24N2O4S. The SMILES string of the molecule is CCN1C2=C(C(=O)CCC2)C(c2cc(OC)c(O)c(SC#N)c2)C2=C1CCCC2=O. The van der Waals surface area contributed by atoms with Crippen LogP contribution in [-0.4, -0.2) is 35.2 Å². The Labute approximate surface area is 180 Å². The van der Waals surface area contributed by atoms with Crippen molar-refractivity contribution in [2.24, 2.45) is 0 Å². The number of Topliss-reactive ketones (excluding diaryl/α,β-unsaturated/α-hetero) is 2. The lowest BCUT2D eigenvalue weighted by Crippen LogP contribution is -2.39. The zero-order valence-electron chi connectivity index (χ0n) is 17.2. The molecule has 4 rings (SSSR count). The topological polar surface area (TPSA) is 90.6 Å². The number of phenols is 1. The van der Waals surface area contributed by atoms with Crippen LogP contribution in [0.5, 0.6) is 11.5 Å². The molecule has 2 aliphatic carbocycles. The number of benzene rings is 1. The summed E-state index contributed by atoms with van der Waals surface area (Å²) in [5.41, 5.74) is 4.14. The Morgan fingerprint density at radius 3 is 2.23 bits per heavy atom. The second kappa shape index (κ2) is 8.19. The van der Waals surface area contributed by atoms with E-state index in [1.165, 1.54) is 7.11 Å². The number of phenolic OH excluding ortho intramolecular Hbond substituents is 1. The maximum Gasteiger partial charge on any atom is 0.172 e. The van der Waals surface area contributed by atoms with Crippen molar-refractivity contribution >= 4 is 23.3 Å². The summed E-state index contributed by atoms with van der Waals surface area (Å²) in [6.45, 7) is 2.78. The van der Waals surface area contributed by atoms with Crippen molar-refractivity contribution in [2.45, 2.75) is 56.3 Å².